The Morgan fingerprint density at radius 1 is 1.56 bits per heavy atom. The summed E-state index contributed by atoms with van der Waals surface area (Å²) < 4.78 is 4.69. The number of hydrogen-bond donors (Lipinski definition) is 1. The van der Waals surface area contributed by atoms with E-state index in [-0.39, 0.29) is 5.97 Å². The molecule has 0 aliphatic carbocycles. The second-order valence-corrected chi connectivity index (χ2v) is 2.30. The molecule has 0 bridgehead atoms. The van der Waals surface area contributed by atoms with Gasteiger partial charge in [-0.05, 0) is 0 Å². The molecule has 54 valence electrons. The second kappa shape index (κ2) is 4.32. The van der Waals surface area contributed by atoms with Crippen molar-refractivity contribution in [3.63, 3.8) is 0 Å². The van der Waals surface area contributed by atoms with Crippen molar-refractivity contribution in [3.05, 3.63) is 0 Å². The largest absolute Gasteiger partial charge is 0.460 e. The number of esters is 1. The maximum atomic E-state index is 10.2. The molecule has 0 aromatic heterocycles. The Balaban J connectivity index is 3.01. The van der Waals surface area contributed by atoms with Crippen LogP contribution in [0, 0.1) is 0 Å². The highest BCUT2D eigenvalue weighted by Gasteiger charge is 1.94. The zero-order chi connectivity index (χ0) is 7.28. The van der Waals surface area contributed by atoms with E-state index in [1.807, 2.05) is 14.1 Å². The van der Waals surface area contributed by atoms with E-state index in [1.165, 1.54) is 11.8 Å². The maximum absolute atomic E-state index is 10.2. The SMILES string of the molecule is CC(=O)OCC[NH+](C)C. The summed E-state index contributed by atoms with van der Waals surface area (Å²) in [6.07, 6.45) is 0. The standard InChI is InChI=1S/C6H13NO2/c1-6(8)9-5-4-7(2)3/h4-5H2,1-3H3/p+1. The Labute approximate surface area is 55.6 Å². The van der Waals surface area contributed by atoms with Crippen LogP contribution in [0.2, 0.25) is 0 Å². The topological polar surface area (TPSA) is 30.7 Å². The molecular weight excluding hydrogens is 118 g/mol. The number of likely N-dealkylation sites (N-methyl/N-ethyl adjacent to an activating group) is 1. The van der Waals surface area contributed by atoms with Gasteiger partial charge in [0.15, 0.2) is 0 Å². The van der Waals surface area contributed by atoms with Crippen LogP contribution in [0.3, 0.4) is 0 Å². The lowest BCUT2D eigenvalue weighted by Crippen LogP contribution is -3.06. The van der Waals surface area contributed by atoms with Crippen LogP contribution in [0.15, 0.2) is 0 Å². The van der Waals surface area contributed by atoms with E-state index in [9.17, 15) is 4.79 Å². The van der Waals surface area contributed by atoms with E-state index in [4.69, 9.17) is 4.74 Å². The first kappa shape index (κ1) is 8.43. The Morgan fingerprint density at radius 2 is 2.11 bits per heavy atom. The molecule has 0 fully saturated rings. The van der Waals surface area contributed by atoms with Gasteiger partial charge in [0.1, 0.15) is 13.2 Å². The molecule has 0 saturated heterocycles. The van der Waals surface area contributed by atoms with Crippen molar-refractivity contribution in [1.82, 2.24) is 0 Å². The molecule has 0 spiro atoms. The maximum Gasteiger partial charge on any atom is 0.302 e. The average molecular weight is 132 g/mol. The molecule has 0 heterocycles. The first-order valence-electron chi connectivity index (χ1n) is 3.05. The van der Waals surface area contributed by atoms with E-state index in [1.54, 1.807) is 0 Å². The Hall–Kier alpha value is -0.570. The van der Waals surface area contributed by atoms with Crippen molar-refractivity contribution in [1.29, 1.82) is 0 Å². The number of rotatable bonds is 3. The molecule has 1 N–H and O–H groups in total. The molecule has 0 unspecified atom stereocenters. The minimum Gasteiger partial charge on any atom is -0.460 e. The van der Waals surface area contributed by atoms with Crippen LogP contribution >= 0.6 is 0 Å². The molecule has 0 aromatic carbocycles. The Bertz CT molecular complexity index is 91.1. The monoisotopic (exact) mass is 132 g/mol. The summed E-state index contributed by atoms with van der Waals surface area (Å²) in [5.41, 5.74) is 0. The zero-order valence-electron chi connectivity index (χ0n) is 6.23. The third-order valence-corrected chi connectivity index (χ3v) is 0.907. The van der Waals surface area contributed by atoms with Crippen molar-refractivity contribution < 1.29 is 14.4 Å². The molecule has 3 nitrogen and oxygen atoms in total. The number of nitrogens with one attached hydrogen (secondary N) is 1. The van der Waals surface area contributed by atoms with Crippen molar-refractivity contribution >= 4 is 5.97 Å². The summed E-state index contributed by atoms with van der Waals surface area (Å²) in [7, 11) is 4.03. The van der Waals surface area contributed by atoms with Crippen molar-refractivity contribution in [2.24, 2.45) is 0 Å². The summed E-state index contributed by atoms with van der Waals surface area (Å²) in [5, 5.41) is 0. The molecule has 0 radical (unpaired) electrons. The van der Waals surface area contributed by atoms with E-state index < -0.39 is 0 Å². The minimum atomic E-state index is -0.198. The van der Waals surface area contributed by atoms with E-state index >= 15 is 0 Å². The molecule has 0 saturated carbocycles. The highest BCUT2D eigenvalue weighted by molar-refractivity contribution is 5.65. The first-order valence-corrected chi connectivity index (χ1v) is 3.05. The molecule has 9 heavy (non-hydrogen) atoms. The molecule has 0 rings (SSSR count). The van der Waals surface area contributed by atoms with Gasteiger partial charge < -0.3 is 9.64 Å². The van der Waals surface area contributed by atoms with Gasteiger partial charge in [0.2, 0.25) is 0 Å². The Morgan fingerprint density at radius 3 is 2.44 bits per heavy atom. The summed E-state index contributed by atoms with van der Waals surface area (Å²) >= 11 is 0. The van der Waals surface area contributed by atoms with Crippen LogP contribution in [0.25, 0.3) is 0 Å². The zero-order valence-corrected chi connectivity index (χ0v) is 6.23. The average Bonchev–Trinajstić information content (AvgIpc) is 1.63. The van der Waals surface area contributed by atoms with Crippen molar-refractivity contribution in [2.75, 3.05) is 27.2 Å². The van der Waals surface area contributed by atoms with Crippen LogP contribution in [0.1, 0.15) is 6.92 Å². The first-order chi connectivity index (χ1) is 4.13. The smallest absolute Gasteiger partial charge is 0.302 e. The fraction of sp³-hybridized carbons (Fsp3) is 0.833. The molecule has 0 aliphatic rings. The fourth-order valence-corrected chi connectivity index (χ4v) is 0.399. The van der Waals surface area contributed by atoms with Crippen LogP contribution < -0.4 is 4.90 Å². The number of quaternary nitrogens is 1. The third kappa shape index (κ3) is 7.43. The predicted molar refractivity (Wildman–Crippen MR) is 34.3 cm³/mol. The highest BCUT2D eigenvalue weighted by atomic mass is 16.5. The lowest BCUT2D eigenvalue weighted by molar-refractivity contribution is -0.858. The van der Waals surface area contributed by atoms with E-state index in [0.29, 0.717) is 6.61 Å². The fourth-order valence-electron chi connectivity index (χ4n) is 0.399. The normalized spacial score (nSPS) is 9.78. The van der Waals surface area contributed by atoms with Gasteiger partial charge in [-0.2, -0.15) is 0 Å². The number of ether oxygens (including phenoxy) is 1. The predicted octanol–water partition coefficient (Wildman–Crippen LogP) is -1.31. The second-order valence-electron chi connectivity index (χ2n) is 2.30. The van der Waals surface area contributed by atoms with Crippen molar-refractivity contribution in [3.8, 4) is 0 Å². The lowest BCUT2D eigenvalue weighted by atomic mass is 10.6. The summed E-state index contributed by atoms with van der Waals surface area (Å²) in [4.78, 5) is 11.5. The molecule has 0 aromatic rings. The number of carbonyl (C=O) groups is 1. The summed E-state index contributed by atoms with van der Waals surface area (Å²) in [6.45, 7) is 2.82. The van der Waals surface area contributed by atoms with Crippen LogP contribution in [0.5, 0.6) is 0 Å². The van der Waals surface area contributed by atoms with E-state index in [2.05, 4.69) is 0 Å². The quantitative estimate of drug-likeness (QED) is 0.484. The lowest BCUT2D eigenvalue weighted by Gasteiger charge is -2.05. The van der Waals surface area contributed by atoms with Crippen LogP contribution in [0.4, 0.5) is 0 Å². The third-order valence-electron chi connectivity index (χ3n) is 0.907. The summed E-state index contributed by atoms with van der Waals surface area (Å²) in [5.74, 6) is -0.198. The van der Waals surface area contributed by atoms with Gasteiger partial charge in [-0.3, -0.25) is 4.79 Å². The molecule has 0 atom stereocenters. The van der Waals surface area contributed by atoms with Crippen LogP contribution in [-0.4, -0.2) is 33.2 Å². The van der Waals surface area contributed by atoms with Gasteiger partial charge in [0.25, 0.3) is 0 Å². The highest BCUT2D eigenvalue weighted by Crippen LogP contribution is 1.70. The van der Waals surface area contributed by atoms with Gasteiger partial charge in [-0.25, -0.2) is 0 Å². The van der Waals surface area contributed by atoms with Gasteiger partial charge >= 0.3 is 5.97 Å². The molecule has 0 aliphatic heterocycles. The number of carbonyl (C=O) groups excluding carboxylic acids is 1. The minimum absolute atomic E-state index is 0.198. The molecule has 0 amide bonds. The van der Waals surface area contributed by atoms with Gasteiger partial charge in [0, 0.05) is 6.92 Å². The van der Waals surface area contributed by atoms with Gasteiger partial charge in [-0.15, -0.1) is 0 Å². The van der Waals surface area contributed by atoms with Gasteiger partial charge in [-0.1, -0.05) is 0 Å². The Kier molecular flexibility index (Phi) is 4.05. The molecular formula is C6H14NO2+. The summed E-state index contributed by atoms with van der Waals surface area (Å²) in [6, 6.07) is 0. The van der Waals surface area contributed by atoms with Crippen LogP contribution in [-0.2, 0) is 9.53 Å². The number of hydrogen-bond acceptors (Lipinski definition) is 2. The van der Waals surface area contributed by atoms with E-state index in [0.717, 1.165) is 6.54 Å². The van der Waals surface area contributed by atoms with Crippen molar-refractivity contribution in [2.45, 2.75) is 6.92 Å². The van der Waals surface area contributed by atoms with Gasteiger partial charge in [0.05, 0.1) is 14.1 Å². The molecule has 3 heteroatoms.